The molecular weight excluding hydrogens is 406 g/mol. The smallest absolute Gasteiger partial charge is 0.322 e. The molecule has 0 spiro atoms. The zero-order chi connectivity index (χ0) is 21.3. The van der Waals surface area contributed by atoms with Gasteiger partial charge in [0.1, 0.15) is 5.54 Å². The van der Waals surface area contributed by atoms with Crippen LogP contribution in [0.5, 0.6) is 11.5 Å². The van der Waals surface area contributed by atoms with Gasteiger partial charge in [-0.1, -0.05) is 18.2 Å². The highest BCUT2D eigenvalue weighted by Crippen LogP contribution is 2.33. The van der Waals surface area contributed by atoms with Crippen molar-refractivity contribution in [3.63, 3.8) is 0 Å². The van der Waals surface area contributed by atoms with E-state index in [0.717, 1.165) is 10.5 Å². The summed E-state index contributed by atoms with van der Waals surface area (Å²) in [5.41, 5.74) is 0.452. The van der Waals surface area contributed by atoms with Crippen LogP contribution in [0.4, 0.5) is 4.79 Å². The van der Waals surface area contributed by atoms with Crippen LogP contribution in [0.25, 0.3) is 0 Å². The molecule has 0 aromatic heterocycles. The fraction of sp³-hybridized carbons (Fsp3) is 0.286. The van der Waals surface area contributed by atoms with Gasteiger partial charge in [0.05, 0.1) is 5.56 Å². The third-order valence-corrected chi connectivity index (χ3v) is 6.34. The maximum absolute atomic E-state index is 13.1. The molecular formula is C21H21N3O5S. The van der Waals surface area contributed by atoms with Crippen LogP contribution in [0.15, 0.2) is 47.4 Å². The molecule has 1 saturated heterocycles. The number of benzene rings is 2. The third-order valence-electron chi connectivity index (χ3n) is 4.95. The first-order valence-electron chi connectivity index (χ1n) is 9.35. The molecule has 2 aliphatic heterocycles. The van der Waals surface area contributed by atoms with E-state index in [1.165, 1.54) is 11.8 Å². The highest BCUT2D eigenvalue weighted by Gasteiger charge is 2.42. The van der Waals surface area contributed by atoms with Crippen molar-refractivity contribution in [1.82, 2.24) is 15.5 Å². The number of nitrogens with zero attached hydrogens (tertiary/aromatic N) is 1. The summed E-state index contributed by atoms with van der Waals surface area (Å²) in [7, 11) is 1.74. The van der Waals surface area contributed by atoms with E-state index in [1.807, 2.05) is 30.3 Å². The lowest BCUT2D eigenvalue weighted by molar-refractivity contribution is -0.122. The van der Waals surface area contributed by atoms with Crippen molar-refractivity contribution in [3.05, 3.63) is 53.6 Å². The molecule has 0 saturated carbocycles. The standard InChI is InChI=1S/C21H21N3O5S/c1-21(19(26)22-20(27)23-21)11-30-17-6-4-3-5-14(17)18(25)24(2)10-13-7-8-15-16(9-13)29-12-28-15/h3-9H,10-12H2,1-2H3,(H2,22,23,26,27)/t21-/m1/s1. The van der Waals surface area contributed by atoms with Crippen LogP contribution < -0.4 is 20.1 Å². The number of rotatable bonds is 6. The Morgan fingerprint density at radius 2 is 1.93 bits per heavy atom. The molecule has 8 nitrogen and oxygen atoms in total. The lowest BCUT2D eigenvalue weighted by Crippen LogP contribution is -2.46. The van der Waals surface area contributed by atoms with Gasteiger partial charge in [0, 0.05) is 24.2 Å². The van der Waals surface area contributed by atoms with Crippen molar-refractivity contribution in [1.29, 1.82) is 0 Å². The minimum Gasteiger partial charge on any atom is -0.454 e. The van der Waals surface area contributed by atoms with Crippen molar-refractivity contribution in [2.24, 2.45) is 0 Å². The number of hydrogen-bond donors (Lipinski definition) is 2. The minimum atomic E-state index is -1.02. The number of nitrogens with one attached hydrogen (secondary N) is 2. The molecule has 9 heteroatoms. The van der Waals surface area contributed by atoms with E-state index >= 15 is 0 Å². The summed E-state index contributed by atoms with van der Waals surface area (Å²) >= 11 is 1.36. The van der Waals surface area contributed by atoms with Crippen LogP contribution in [-0.2, 0) is 11.3 Å². The van der Waals surface area contributed by atoms with E-state index in [9.17, 15) is 14.4 Å². The van der Waals surface area contributed by atoms with Crippen LogP contribution >= 0.6 is 11.8 Å². The normalized spacial score (nSPS) is 19.4. The van der Waals surface area contributed by atoms with Crippen molar-refractivity contribution >= 4 is 29.6 Å². The SMILES string of the molecule is CN(Cc1ccc2c(c1)OCO2)C(=O)c1ccccc1SC[C@@]1(C)NC(=O)NC1=O. The Kier molecular flexibility index (Phi) is 5.29. The second-order valence-electron chi connectivity index (χ2n) is 7.37. The predicted molar refractivity (Wildman–Crippen MR) is 111 cm³/mol. The van der Waals surface area contributed by atoms with Crippen LogP contribution in [-0.4, -0.2) is 47.9 Å². The fourth-order valence-electron chi connectivity index (χ4n) is 3.26. The second kappa shape index (κ2) is 7.91. The molecule has 0 bridgehead atoms. The minimum absolute atomic E-state index is 0.138. The molecule has 1 fully saturated rings. The van der Waals surface area contributed by atoms with Gasteiger partial charge in [-0.2, -0.15) is 0 Å². The summed E-state index contributed by atoms with van der Waals surface area (Å²) < 4.78 is 10.7. The highest BCUT2D eigenvalue weighted by molar-refractivity contribution is 7.99. The molecule has 2 aromatic rings. The Balaban J connectivity index is 1.46. The van der Waals surface area contributed by atoms with Gasteiger partial charge in [0.15, 0.2) is 11.5 Å². The Bertz CT molecular complexity index is 1030. The average molecular weight is 427 g/mol. The van der Waals surface area contributed by atoms with Crippen molar-refractivity contribution in [2.45, 2.75) is 23.9 Å². The average Bonchev–Trinajstić information content (AvgIpc) is 3.29. The topological polar surface area (TPSA) is 97.0 Å². The molecule has 156 valence electrons. The fourth-order valence-corrected chi connectivity index (χ4v) is 4.40. The molecule has 2 aliphatic rings. The third kappa shape index (κ3) is 3.93. The van der Waals surface area contributed by atoms with Gasteiger partial charge < -0.3 is 19.7 Å². The highest BCUT2D eigenvalue weighted by atomic mass is 32.2. The molecule has 30 heavy (non-hydrogen) atoms. The van der Waals surface area contributed by atoms with Gasteiger partial charge in [-0.3, -0.25) is 14.9 Å². The maximum atomic E-state index is 13.1. The molecule has 2 N–H and O–H groups in total. The largest absolute Gasteiger partial charge is 0.454 e. The molecule has 0 radical (unpaired) electrons. The number of amides is 4. The number of carbonyl (C=O) groups excluding carboxylic acids is 3. The van der Waals surface area contributed by atoms with Crippen molar-refractivity contribution < 1.29 is 23.9 Å². The number of imide groups is 1. The molecule has 4 rings (SSSR count). The van der Waals surface area contributed by atoms with Gasteiger partial charge >= 0.3 is 6.03 Å². The van der Waals surface area contributed by atoms with E-state index < -0.39 is 11.6 Å². The number of carbonyl (C=O) groups is 3. The Morgan fingerprint density at radius 3 is 2.70 bits per heavy atom. The van der Waals surface area contributed by atoms with Crippen LogP contribution in [0, 0.1) is 0 Å². The van der Waals surface area contributed by atoms with Gasteiger partial charge in [0.2, 0.25) is 6.79 Å². The number of fused-ring (bicyclic) bond motifs is 1. The van der Waals surface area contributed by atoms with Gasteiger partial charge in [-0.15, -0.1) is 11.8 Å². The van der Waals surface area contributed by atoms with Gasteiger partial charge in [0.25, 0.3) is 11.8 Å². The van der Waals surface area contributed by atoms with E-state index in [4.69, 9.17) is 9.47 Å². The summed E-state index contributed by atoms with van der Waals surface area (Å²) in [6.07, 6.45) is 0. The van der Waals surface area contributed by atoms with Crippen molar-refractivity contribution in [2.75, 3.05) is 19.6 Å². The lowest BCUT2D eigenvalue weighted by atomic mass is 10.1. The molecule has 2 heterocycles. The number of hydrogen-bond acceptors (Lipinski definition) is 6. The van der Waals surface area contributed by atoms with E-state index in [1.54, 1.807) is 31.0 Å². The molecule has 0 unspecified atom stereocenters. The predicted octanol–water partition coefficient (Wildman–Crippen LogP) is 2.38. The first kappa shape index (κ1) is 20.1. The number of urea groups is 1. The summed E-state index contributed by atoms with van der Waals surface area (Å²) in [4.78, 5) is 39.0. The summed E-state index contributed by atoms with van der Waals surface area (Å²) in [5.74, 6) is 1.17. The van der Waals surface area contributed by atoms with Crippen LogP contribution in [0.2, 0.25) is 0 Å². The zero-order valence-electron chi connectivity index (χ0n) is 16.6. The Labute approximate surface area is 177 Å². The Hall–Kier alpha value is -3.20. The molecule has 2 aromatic carbocycles. The molecule has 1 atom stereocenters. The summed E-state index contributed by atoms with van der Waals surface area (Å²) in [6, 6.07) is 12.3. The number of thioether (sulfide) groups is 1. The maximum Gasteiger partial charge on any atom is 0.322 e. The van der Waals surface area contributed by atoms with Gasteiger partial charge in [-0.05, 0) is 36.8 Å². The summed E-state index contributed by atoms with van der Waals surface area (Å²) in [5, 5.41) is 4.88. The first-order valence-corrected chi connectivity index (χ1v) is 10.3. The monoisotopic (exact) mass is 427 g/mol. The van der Waals surface area contributed by atoms with E-state index in [2.05, 4.69) is 10.6 Å². The Morgan fingerprint density at radius 1 is 1.17 bits per heavy atom. The molecule has 4 amide bonds. The lowest BCUT2D eigenvalue weighted by Gasteiger charge is -2.22. The van der Waals surface area contributed by atoms with Gasteiger partial charge in [-0.25, -0.2) is 4.79 Å². The van der Waals surface area contributed by atoms with E-state index in [-0.39, 0.29) is 18.6 Å². The van der Waals surface area contributed by atoms with Crippen LogP contribution in [0.1, 0.15) is 22.8 Å². The zero-order valence-corrected chi connectivity index (χ0v) is 17.4. The first-order chi connectivity index (χ1) is 14.4. The second-order valence-corrected chi connectivity index (χ2v) is 8.39. The molecule has 0 aliphatic carbocycles. The van der Waals surface area contributed by atoms with E-state index in [0.29, 0.717) is 29.4 Å². The van der Waals surface area contributed by atoms with Crippen LogP contribution in [0.3, 0.4) is 0 Å². The number of ether oxygens (including phenoxy) is 2. The summed E-state index contributed by atoms with van der Waals surface area (Å²) in [6.45, 7) is 2.27. The van der Waals surface area contributed by atoms with Crippen molar-refractivity contribution in [3.8, 4) is 11.5 Å². The quantitative estimate of drug-likeness (QED) is 0.543.